The van der Waals surface area contributed by atoms with Crippen LogP contribution in [0, 0.1) is 0 Å². The van der Waals surface area contributed by atoms with E-state index in [0.717, 1.165) is 4.47 Å². The Labute approximate surface area is 241 Å². The fourth-order valence-electron chi connectivity index (χ4n) is 7.64. The van der Waals surface area contributed by atoms with Crippen LogP contribution in [0.5, 0.6) is 0 Å². The van der Waals surface area contributed by atoms with Crippen molar-refractivity contribution in [2.45, 2.75) is 5.41 Å². The topological polar surface area (TPSA) is 0 Å². The van der Waals surface area contributed by atoms with Crippen LogP contribution in [0.4, 0.5) is 0 Å². The summed E-state index contributed by atoms with van der Waals surface area (Å²) in [6, 6.07) is 51.8. The second-order valence-corrected chi connectivity index (χ2v) is 11.7. The highest BCUT2D eigenvalue weighted by atomic mass is 79.9. The molecule has 1 heteroatoms. The molecule has 0 atom stereocenters. The van der Waals surface area contributed by atoms with Gasteiger partial charge in [0.25, 0.3) is 0 Å². The van der Waals surface area contributed by atoms with E-state index in [2.05, 4.69) is 155 Å². The van der Waals surface area contributed by atoms with Gasteiger partial charge in [-0.15, -0.1) is 0 Å². The van der Waals surface area contributed by atoms with Crippen molar-refractivity contribution in [2.75, 3.05) is 0 Å². The third-order valence-corrected chi connectivity index (χ3v) is 10.0. The monoisotopic (exact) mass is 570 g/mol. The van der Waals surface area contributed by atoms with Gasteiger partial charge in [-0.2, -0.15) is 0 Å². The van der Waals surface area contributed by atoms with Crippen molar-refractivity contribution >= 4 is 37.5 Å². The van der Waals surface area contributed by atoms with Crippen molar-refractivity contribution in [1.82, 2.24) is 0 Å². The maximum atomic E-state index is 3.93. The molecular formula is C39H23Br. The minimum Gasteiger partial charge on any atom is -0.0619 e. The second kappa shape index (κ2) is 8.03. The van der Waals surface area contributed by atoms with Crippen molar-refractivity contribution in [3.05, 3.63) is 166 Å². The number of fused-ring (bicyclic) bond motifs is 12. The fraction of sp³-hybridized carbons (Fsp3) is 0.0256. The van der Waals surface area contributed by atoms with Gasteiger partial charge >= 0.3 is 0 Å². The summed E-state index contributed by atoms with van der Waals surface area (Å²) < 4.78 is 1.16. The van der Waals surface area contributed by atoms with Crippen LogP contribution in [-0.4, -0.2) is 0 Å². The van der Waals surface area contributed by atoms with Gasteiger partial charge in [-0.25, -0.2) is 0 Å². The third-order valence-electron chi connectivity index (χ3n) is 9.15. The van der Waals surface area contributed by atoms with Crippen LogP contribution in [0.2, 0.25) is 0 Å². The summed E-state index contributed by atoms with van der Waals surface area (Å²) in [4.78, 5) is 0. The second-order valence-electron chi connectivity index (χ2n) is 10.9. The van der Waals surface area contributed by atoms with Gasteiger partial charge in [0, 0.05) is 4.47 Å². The molecule has 0 nitrogen and oxygen atoms in total. The smallest absolute Gasteiger partial charge is 0.0619 e. The average molecular weight is 572 g/mol. The minimum atomic E-state index is -0.304. The summed E-state index contributed by atoms with van der Waals surface area (Å²) in [6.45, 7) is 0. The van der Waals surface area contributed by atoms with Crippen LogP contribution < -0.4 is 0 Å². The van der Waals surface area contributed by atoms with Crippen LogP contribution in [0.15, 0.2) is 144 Å². The van der Waals surface area contributed by atoms with Gasteiger partial charge in [-0.3, -0.25) is 0 Å². The molecule has 0 unspecified atom stereocenters. The molecule has 0 aromatic heterocycles. The highest BCUT2D eigenvalue weighted by molar-refractivity contribution is 9.10. The van der Waals surface area contributed by atoms with Crippen LogP contribution >= 0.6 is 15.9 Å². The largest absolute Gasteiger partial charge is 0.0725 e. The van der Waals surface area contributed by atoms with E-state index in [9.17, 15) is 0 Å². The van der Waals surface area contributed by atoms with E-state index in [1.807, 2.05) is 0 Å². The molecule has 0 radical (unpaired) electrons. The van der Waals surface area contributed by atoms with E-state index >= 15 is 0 Å². The summed E-state index contributed by atoms with van der Waals surface area (Å²) in [6.07, 6.45) is 0. The third kappa shape index (κ3) is 2.66. The Hall–Kier alpha value is -4.46. The minimum absolute atomic E-state index is 0.304. The van der Waals surface area contributed by atoms with Gasteiger partial charge in [-0.1, -0.05) is 133 Å². The average Bonchev–Trinajstić information content (AvgIpc) is 3.48. The lowest BCUT2D eigenvalue weighted by Gasteiger charge is -2.30. The standard InChI is InChI=1S/C39H23Br/c40-38-30-16-3-1-14-28(30)37(29-15-2-4-17-31(29)38)24-21-22-36-32(23-24)27-13-7-10-20-35(27)39(36)33-18-8-5-11-25(33)26-12-6-9-19-34(26)39/h1-23H. The Bertz CT molecular complexity index is 2080. The predicted octanol–water partition coefficient (Wildman–Crippen LogP) is 10.8. The van der Waals surface area contributed by atoms with Gasteiger partial charge < -0.3 is 0 Å². The van der Waals surface area contributed by atoms with Crippen molar-refractivity contribution in [2.24, 2.45) is 0 Å². The zero-order valence-electron chi connectivity index (χ0n) is 21.7. The van der Waals surface area contributed by atoms with Gasteiger partial charge in [0.05, 0.1) is 5.41 Å². The number of halogens is 1. The van der Waals surface area contributed by atoms with Crippen LogP contribution in [0.3, 0.4) is 0 Å². The lowest BCUT2D eigenvalue weighted by atomic mass is 9.70. The normalized spacial score (nSPS) is 13.8. The Balaban J connectivity index is 1.40. The molecule has 2 aliphatic carbocycles. The maximum Gasteiger partial charge on any atom is 0.0725 e. The molecule has 0 aliphatic heterocycles. The molecule has 0 heterocycles. The van der Waals surface area contributed by atoms with Crippen molar-refractivity contribution in [3.8, 4) is 33.4 Å². The number of hydrogen-bond acceptors (Lipinski definition) is 0. The molecule has 7 aromatic rings. The molecule has 0 saturated carbocycles. The van der Waals surface area contributed by atoms with Crippen LogP contribution in [0.1, 0.15) is 22.3 Å². The van der Waals surface area contributed by atoms with Gasteiger partial charge in [0.1, 0.15) is 0 Å². The molecule has 0 fully saturated rings. The Morgan fingerprint density at radius 2 is 0.775 bits per heavy atom. The van der Waals surface area contributed by atoms with Gasteiger partial charge in [-0.05, 0) is 99.2 Å². The zero-order chi connectivity index (χ0) is 26.4. The highest BCUT2D eigenvalue weighted by Gasteiger charge is 2.51. The molecule has 0 saturated heterocycles. The van der Waals surface area contributed by atoms with Crippen molar-refractivity contribution in [3.63, 3.8) is 0 Å². The highest BCUT2D eigenvalue weighted by Crippen LogP contribution is 2.63. The molecule has 0 bridgehead atoms. The number of hydrogen-bond donors (Lipinski definition) is 0. The molecule has 0 amide bonds. The number of benzene rings is 7. The number of rotatable bonds is 1. The predicted molar refractivity (Wildman–Crippen MR) is 171 cm³/mol. The van der Waals surface area contributed by atoms with Gasteiger partial charge in [0.15, 0.2) is 0 Å². The lowest BCUT2D eigenvalue weighted by molar-refractivity contribution is 0.794. The van der Waals surface area contributed by atoms with E-state index in [1.54, 1.807) is 0 Å². The zero-order valence-corrected chi connectivity index (χ0v) is 23.2. The summed E-state index contributed by atoms with van der Waals surface area (Å²) in [5.41, 5.74) is 13.1. The molecule has 0 N–H and O–H groups in total. The quantitative estimate of drug-likeness (QED) is 0.172. The molecule has 1 spiro atoms. The summed E-state index contributed by atoms with van der Waals surface area (Å²) in [5, 5.41) is 5.02. The van der Waals surface area contributed by atoms with Gasteiger partial charge in [0.2, 0.25) is 0 Å². The van der Waals surface area contributed by atoms with Crippen LogP contribution in [0.25, 0.3) is 54.9 Å². The SMILES string of the molecule is Brc1c2ccccc2c(-c2ccc3c(c2)-c2ccccc2C32c3ccccc3-c3ccccc32)c2ccccc12. The fourth-order valence-corrected chi connectivity index (χ4v) is 8.33. The Morgan fingerprint density at radius 1 is 0.375 bits per heavy atom. The maximum absolute atomic E-state index is 3.93. The summed E-state index contributed by atoms with van der Waals surface area (Å²) in [7, 11) is 0. The first-order valence-corrected chi connectivity index (χ1v) is 14.6. The summed E-state index contributed by atoms with van der Waals surface area (Å²) >= 11 is 3.93. The molecule has 9 rings (SSSR count). The first kappa shape index (κ1) is 22.4. The van der Waals surface area contributed by atoms with E-state index in [0.29, 0.717) is 0 Å². The molecule has 40 heavy (non-hydrogen) atoms. The molecule has 186 valence electrons. The van der Waals surface area contributed by atoms with E-state index in [1.165, 1.54) is 77.2 Å². The lowest BCUT2D eigenvalue weighted by Crippen LogP contribution is -2.25. The molecule has 2 aliphatic rings. The molecular weight excluding hydrogens is 548 g/mol. The first-order chi connectivity index (χ1) is 19.8. The summed E-state index contributed by atoms with van der Waals surface area (Å²) in [5.74, 6) is 0. The first-order valence-electron chi connectivity index (χ1n) is 13.8. The van der Waals surface area contributed by atoms with Crippen molar-refractivity contribution < 1.29 is 0 Å². The van der Waals surface area contributed by atoms with E-state index in [-0.39, 0.29) is 5.41 Å². The van der Waals surface area contributed by atoms with Crippen LogP contribution in [-0.2, 0) is 5.41 Å². The Morgan fingerprint density at radius 3 is 1.30 bits per heavy atom. The molecule has 7 aromatic carbocycles. The van der Waals surface area contributed by atoms with Crippen molar-refractivity contribution in [1.29, 1.82) is 0 Å². The van der Waals surface area contributed by atoms with E-state index < -0.39 is 0 Å². The van der Waals surface area contributed by atoms with E-state index in [4.69, 9.17) is 0 Å². The Kier molecular flexibility index (Phi) is 4.49.